The first-order valence-electron chi connectivity index (χ1n) is 7.18. The van der Waals surface area contributed by atoms with Gasteiger partial charge < -0.3 is 4.90 Å². The van der Waals surface area contributed by atoms with E-state index >= 15 is 0 Å². The SMILES string of the molecule is N#Cc1cccc(N(Cc2ccc(Br)cc2)c2cccnc2)c1. The maximum atomic E-state index is 9.15. The Bertz CT molecular complexity index is 823. The number of pyridine rings is 1. The summed E-state index contributed by atoms with van der Waals surface area (Å²) in [4.78, 5) is 6.37. The number of rotatable bonds is 4. The van der Waals surface area contributed by atoms with Crippen LogP contribution >= 0.6 is 15.9 Å². The molecule has 0 aliphatic heterocycles. The molecule has 0 spiro atoms. The number of nitriles is 1. The van der Waals surface area contributed by atoms with E-state index in [0.29, 0.717) is 12.1 Å². The molecule has 0 N–H and O–H groups in total. The molecule has 0 aliphatic rings. The summed E-state index contributed by atoms with van der Waals surface area (Å²) in [6.07, 6.45) is 3.59. The fraction of sp³-hybridized carbons (Fsp3) is 0.0526. The molecule has 0 fully saturated rings. The molecule has 3 rings (SSSR count). The zero-order chi connectivity index (χ0) is 16.1. The number of aromatic nitrogens is 1. The minimum atomic E-state index is 0.646. The number of anilines is 2. The lowest BCUT2D eigenvalue weighted by Gasteiger charge is -2.25. The molecular weight excluding hydrogens is 350 g/mol. The Kier molecular flexibility index (Phi) is 4.70. The van der Waals surface area contributed by atoms with Crippen LogP contribution in [0.4, 0.5) is 11.4 Å². The van der Waals surface area contributed by atoms with Gasteiger partial charge in [-0.15, -0.1) is 0 Å². The van der Waals surface area contributed by atoms with Gasteiger partial charge in [0, 0.05) is 22.9 Å². The lowest BCUT2D eigenvalue weighted by Crippen LogP contribution is -2.16. The molecule has 4 heteroatoms. The van der Waals surface area contributed by atoms with Crippen LogP contribution in [-0.2, 0) is 6.54 Å². The quantitative estimate of drug-likeness (QED) is 0.650. The molecule has 23 heavy (non-hydrogen) atoms. The van der Waals surface area contributed by atoms with E-state index < -0.39 is 0 Å². The average molecular weight is 364 g/mol. The van der Waals surface area contributed by atoms with Crippen molar-refractivity contribution in [3.05, 3.63) is 88.7 Å². The van der Waals surface area contributed by atoms with E-state index in [9.17, 15) is 0 Å². The molecule has 2 aromatic carbocycles. The first-order chi connectivity index (χ1) is 11.3. The molecule has 3 aromatic rings. The van der Waals surface area contributed by atoms with Gasteiger partial charge in [0.25, 0.3) is 0 Å². The molecule has 0 unspecified atom stereocenters. The van der Waals surface area contributed by atoms with Crippen LogP contribution in [0, 0.1) is 11.3 Å². The van der Waals surface area contributed by atoms with E-state index in [-0.39, 0.29) is 0 Å². The van der Waals surface area contributed by atoms with Gasteiger partial charge in [-0.2, -0.15) is 5.26 Å². The molecule has 0 saturated carbocycles. The summed E-state index contributed by atoms with van der Waals surface area (Å²) in [5, 5.41) is 9.15. The first-order valence-corrected chi connectivity index (χ1v) is 7.98. The van der Waals surface area contributed by atoms with Gasteiger partial charge in [-0.3, -0.25) is 4.98 Å². The maximum Gasteiger partial charge on any atom is 0.0992 e. The monoisotopic (exact) mass is 363 g/mol. The van der Waals surface area contributed by atoms with Crippen LogP contribution in [0.15, 0.2) is 77.5 Å². The van der Waals surface area contributed by atoms with Crippen LogP contribution in [0.3, 0.4) is 0 Å². The van der Waals surface area contributed by atoms with Crippen molar-refractivity contribution in [3.8, 4) is 6.07 Å². The fourth-order valence-electron chi connectivity index (χ4n) is 2.36. The van der Waals surface area contributed by atoms with Gasteiger partial charge in [-0.1, -0.05) is 34.1 Å². The van der Waals surface area contributed by atoms with Crippen molar-refractivity contribution in [1.82, 2.24) is 4.98 Å². The molecule has 0 atom stereocenters. The second-order valence-corrected chi connectivity index (χ2v) is 6.00. The third-order valence-corrected chi connectivity index (χ3v) is 4.03. The van der Waals surface area contributed by atoms with E-state index in [1.54, 1.807) is 6.20 Å². The molecule has 1 aromatic heterocycles. The highest BCUT2D eigenvalue weighted by molar-refractivity contribution is 9.10. The molecule has 1 heterocycles. The van der Waals surface area contributed by atoms with Crippen molar-refractivity contribution in [2.75, 3.05) is 4.90 Å². The van der Waals surface area contributed by atoms with Crippen LogP contribution in [0.2, 0.25) is 0 Å². The van der Waals surface area contributed by atoms with Crippen molar-refractivity contribution >= 4 is 27.3 Å². The summed E-state index contributed by atoms with van der Waals surface area (Å²) < 4.78 is 1.06. The Labute approximate surface area is 144 Å². The van der Waals surface area contributed by atoms with E-state index in [4.69, 9.17) is 5.26 Å². The van der Waals surface area contributed by atoms with Gasteiger partial charge in [0.1, 0.15) is 0 Å². The largest absolute Gasteiger partial charge is 0.336 e. The summed E-state index contributed by atoms with van der Waals surface area (Å²) in [5.74, 6) is 0. The van der Waals surface area contributed by atoms with Gasteiger partial charge in [0.2, 0.25) is 0 Å². The molecule has 0 bridgehead atoms. The van der Waals surface area contributed by atoms with Crippen LogP contribution in [0.1, 0.15) is 11.1 Å². The molecule has 0 aliphatic carbocycles. The molecule has 3 nitrogen and oxygen atoms in total. The Morgan fingerprint density at radius 1 is 1.00 bits per heavy atom. The minimum Gasteiger partial charge on any atom is -0.336 e. The summed E-state index contributed by atoms with van der Waals surface area (Å²) in [5.41, 5.74) is 3.79. The number of hydrogen-bond donors (Lipinski definition) is 0. The number of halogens is 1. The van der Waals surface area contributed by atoms with Gasteiger partial charge in [0.15, 0.2) is 0 Å². The second kappa shape index (κ2) is 7.08. The van der Waals surface area contributed by atoms with Crippen LogP contribution in [-0.4, -0.2) is 4.98 Å². The average Bonchev–Trinajstić information content (AvgIpc) is 2.62. The van der Waals surface area contributed by atoms with Gasteiger partial charge in [0.05, 0.1) is 23.5 Å². The zero-order valence-electron chi connectivity index (χ0n) is 12.4. The number of nitrogens with zero attached hydrogens (tertiary/aromatic N) is 3. The Balaban J connectivity index is 2.00. The summed E-state index contributed by atoms with van der Waals surface area (Å²) in [6, 6.07) is 22.0. The van der Waals surface area contributed by atoms with Crippen LogP contribution < -0.4 is 4.90 Å². The van der Waals surface area contributed by atoms with Crippen LogP contribution in [0.5, 0.6) is 0 Å². The lowest BCUT2D eigenvalue weighted by atomic mass is 10.1. The first kappa shape index (κ1) is 15.3. The van der Waals surface area contributed by atoms with Crippen molar-refractivity contribution in [3.63, 3.8) is 0 Å². The Morgan fingerprint density at radius 3 is 2.48 bits per heavy atom. The molecule has 112 valence electrons. The summed E-state index contributed by atoms with van der Waals surface area (Å²) >= 11 is 3.46. The van der Waals surface area contributed by atoms with Crippen molar-refractivity contribution < 1.29 is 0 Å². The topological polar surface area (TPSA) is 39.9 Å². The Hall–Kier alpha value is -2.64. The highest BCUT2D eigenvalue weighted by Crippen LogP contribution is 2.27. The molecule has 0 radical (unpaired) electrons. The van der Waals surface area contributed by atoms with Gasteiger partial charge in [-0.05, 0) is 48.0 Å². The fourth-order valence-corrected chi connectivity index (χ4v) is 2.63. The van der Waals surface area contributed by atoms with Crippen molar-refractivity contribution in [1.29, 1.82) is 5.26 Å². The van der Waals surface area contributed by atoms with Crippen LogP contribution in [0.25, 0.3) is 0 Å². The van der Waals surface area contributed by atoms with E-state index in [1.807, 2.05) is 54.7 Å². The van der Waals surface area contributed by atoms with Gasteiger partial charge >= 0.3 is 0 Å². The highest BCUT2D eigenvalue weighted by Gasteiger charge is 2.11. The van der Waals surface area contributed by atoms with Gasteiger partial charge in [-0.25, -0.2) is 0 Å². The Morgan fingerprint density at radius 2 is 1.78 bits per heavy atom. The standard InChI is InChI=1S/C19H14BrN3/c20-17-8-6-15(7-9-17)14-23(19-5-2-10-22-13-19)18-4-1-3-16(11-18)12-21/h1-11,13H,14H2. The molecule has 0 amide bonds. The molecular formula is C19H14BrN3. The summed E-state index contributed by atoms with van der Waals surface area (Å²) in [7, 11) is 0. The minimum absolute atomic E-state index is 0.646. The van der Waals surface area contributed by atoms with E-state index in [2.05, 4.69) is 44.0 Å². The normalized spacial score (nSPS) is 10.1. The highest BCUT2D eigenvalue weighted by atomic mass is 79.9. The predicted molar refractivity (Wildman–Crippen MR) is 95.4 cm³/mol. The van der Waals surface area contributed by atoms with E-state index in [0.717, 1.165) is 15.8 Å². The zero-order valence-corrected chi connectivity index (χ0v) is 13.9. The van der Waals surface area contributed by atoms with Crippen molar-refractivity contribution in [2.24, 2.45) is 0 Å². The third kappa shape index (κ3) is 3.77. The second-order valence-electron chi connectivity index (χ2n) is 5.09. The smallest absolute Gasteiger partial charge is 0.0992 e. The predicted octanol–water partition coefficient (Wildman–Crippen LogP) is 5.05. The lowest BCUT2D eigenvalue weighted by molar-refractivity contribution is 0.968. The summed E-state index contributed by atoms with van der Waals surface area (Å²) in [6.45, 7) is 0.702. The number of benzene rings is 2. The maximum absolute atomic E-state index is 9.15. The number of hydrogen-bond acceptors (Lipinski definition) is 3. The van der Waals surface area contributed by atoms with Crippen molar-refractivity contribution in [2.45, 2.75) is 6.54 Å². The molecule has 0 saturated heterocycles. The van der Waals surface area contributed by atoms with E-state index in [1.165, 1.54) is 5.56 Å². The third-order valence-electron chi connectivity index (χ3n) is 3.50.